The van der Waals surface area contributed by atoms with E-state index in [4.69, 9.17) is 4.74 Å². The highest BCUT2D eigenvalue weighted by atomic mass is 127. The number of aromatic nitrogens is 2. The Kier molecular flexibility index (Phi) is 5.75. The molecule has 1 heterocycles. The van der Waals surface area contributed by atoms with Gasteiger partial charge in [0.15, 0.2) is 6.61 Å². The van der Waals surface area contributed by atoms with Gasteiger partial charge < -0.3 is 10.1 Å². The number of H-pyrrole nitrogens is 1. The van der Waals surface area contributed by atoms with Crippen molar-refractivity contribution in [2.45, 2.75) is 26.7 Å². The number of hydrogen-bond donors (Lipinski definition) is 2. The fourth-order valence-corrected chi connectivity index (χ4v) is 2.71. The van der Waals surface area contributed by atoms with Crippen molar-refractivity contribution >= 4 is 40.2 Å². The predicted octanol–water partition coefficient (Wildman–Crippen LogP) is 3.24. The topological polar surface area (TPSA) is 84.1 Å². The largest absolute Gasteiger partial charge is 0.452 e. The molecule has 122 valence electrons. The van der Waals surface area contributed by atoms with E-state index < -0.39 is 5.97 Å². The number of hydrogen-bond acceptors (Lipinski definition) is 4. The van der Waals surface area contributed by atoms with Crippen molar-refractivity contribution in [1.82, 2.24) is 10.2 Å². The molecule has 0 fully saturated rings. The molecular weight excluding hydrogens is 409 g/mol. The molecule has 2 N–H and O–H groups in total. The summed E-state index contributed by atoms with van der Waals surface area (Å²) in [6.07, 6.45) is 1.42. The first kappa shape index (κ1) is 17.5. The maximum atomic E-state index is 12.0. The molecule has 23 heavy (non-hydrogen) atoms. The van der Waals surface area contributed by atoms with Gasteiger partial charge in [-0.15, -0.1) is 0 Å². The Morgan fingerprint density at radius 2 is 2.13 bits per heavy atom. The maximum Gasteiger partial charge on any atom is 0.342 e. The second-order valence-corrected chi connectivity index (χ2v) is 6.68. The zero-order chi connectivity index (χ0) is 17.0. The molecule has 0 atom stereocenters. The van der Waals surface area contributed by atoms with Gasteiger partial charge >= 0.3 is 5.97 Å². The second-order valence-electron chi connectivity index (χ2n) is 5.44. The van der Waals surface area contributed by atoms with Crippen LogP contribution in [0, 0.1) is 10.5 Å². The molecule has 0 saturated heterocycles. The Balaban J connectivity index is 1.93. The average molecular weight is 427 g/mol. The summed E-state index contributed by atoms with van der Waals surface area (Å²) in [4.78, 5) is 24.0. The Hall–Kier alpha value is -1.90. The fraction of sp³-hybridized carbons (Fsp3) is 0.312. The number of halogens is 1. The molecule has 0 spiro atoms. The highest BCUT2D eigenvalue weighted by molar-refractivity contribution is 14.1. The first-order valence-corrected chi connectivity index (χ1v) is 8.22. The summed E-state index contributed by atoms with van der Waals surface area (Å²) >= 11 is 2.20. The Morgan fingerprint density at radius 1 is 1.39 bits per heavy atom. The smallest absolute Gasteiger partial charge is 0.342 e. The highest BCUT2D eigenvalue weighted by Gasteiger charge is 2.18. The van der Waals surface area contributed by atoms with Gasteiger partial charge in [-0.2, -0.15) is 5.10 Å². The van der Waals surface area contributed by atoms with Crippen molar-refractivity contribution in [3.05, 3.63) is 44.8 Å². The van der Waals surface area contributed by atoms with Gasteiger partial charge in [0.05, 0.1) is 11.9 Å². The number of carbonyl (C=O) groups excluding carboxylic acids is 2. The summed E-state index contributed by atoms with van der Waals surface area (Å²) in [5, 5.41) is 9.36. The van der Waals surface area contributed by atoms with Crippen LogP contribution in [-0.4, -0.2) is 28.7 Å². The molecule has 0 aliphatic carbocycles. The third-order valence-electron chi connectivity index (χ3n) is 3.26. The van der Waals surface area contributed by atoms with E-state index in [0.29, 0.717) is 16.9 Å². The molecule has 0 aliphatic rings. The molecule has 0 aliphatic heterocycles. The summed E-state index contributed by atoms with van der Waals surface area (Å²) in [5.74, 6) is -0.822. The number of esters is 1. The summed E-state index contributed by atoms with van der Waals surface area (Å²) in [7, 11) is 0. The standard InChI is InChI=1S/C16H18IN3O3/c1-9(2)15-12(7-18-20-15)16(22)23-8-14(21)19-13-5-4-11(17)6-10(13)3/h4-7,9H,8H2,1-3H3,(H,18,20)(H,19,21). The van der Waals surface area contributed by atoms with E-state index in [9.17, 15) is 9.59 Å². The van der Waals surface area contributed by atoms with Crippen LogP contribution in [0.5, 0.6) is 0 Å². The van der Waals surface area contributed by atoms with Gasteiger partial charge in [-0.3, -0.25) is 9.89 Å². The Bertz CT molecular complexity index is 725. The molecule has 0 saturated carbocycles. The lowest BCUT2D eigenvalue weighted by Crippen LogP contribution is -2.21. The number of carbonyl (C=O) groups is 2. The van der Waals surface area contributed by atoms with Crippen LogP contribution in [-0.2, 0) is 9.53 Å². The van der Waals surface area contributed by atoms with E-state index in [1.54, 1.807) is 0 Å². The molecule has 2 rings (SSSR count). The van der Waals surface area contributed by atoms with Gasteiger partial charge in [-0.1, -0.05) is 13.8 Å². The predicted molar refractivity (Wildman–Crippen MR) is 95.5 cm³/mol. The van der Waals surface area contributed by atoms with E-state index in [1.807, 2.05) is 39.0 Å². The van der Waals surface area contributed by atoms with Crippen LogP contribution in [0.4, 0.5) is 5.69 Å². The average Bonchev–Trinajstić information content (AvgIpc) is 2.97. The molecule has 0 bridgehead atoms. The molecule has 1 amide bonds. The third kappa shape index (κ3) is 4.54. The monoisotopic (exact) mass is 427 g/mol. The second kappa shape index (κ2) is 7.58. The number of rotatable bonds is 5. The van der Waals surface area contributed by atoms with Crippen molar-refractivity contribution in [3.63, 3.8) is 0 Å². The van der Waals surface area contributed by atoms with E-state index in [0.717, 1.165) is 9.13 Å². The van der Waals surface area contributed by atoms with E-state index in [-0.39, 0.29) is 18.4 Å². The van der Waals surface area contributed by atoms with Crippen LogP contribution >= 0.6 is 22.6 Å². The zero-order valence-corrected chi connectivity index (χ0v) is 15.3. The van der Waals surface area contributed by atoms with Crippen LogP contribution in [0.15, 0.2) is 24.4 Å². The fourth-order valence-electron chi connectivity index (χ4n) is 2.06. The van der Waals surface area contributed by atoms with E-state index in [1.165, 1.54) is 6.20 Å². The van der Waals surface area contributed by atoms with Crippen LogP contribution in [0.3, 0.4) is 0 Å². The number of amides is 1. The maximum absolute atomic E-state index is 12.0. The first-order valence-electron chi connectivity index (χ1n) is 7.15. The van der Waals surface area contributed by atoms with Gasteiger partial charge in [-0.25, -0.2) is 4.79 Å². The van der Waals surface area contributed by atoms with Crippen LogP contribution < -0.4 is 5.32 Å². The SMILES string of the molecule is Cc1cc(I)ccc1NC(=O)COC(=O)c1cn[nH]c1C(C)C. The van der Waals surface area contributed by atoms with Crippen LogP contribution in [0.1, 0.15) is 41.4 Å². The lowest BCUT2D eigenvalue weighted by molar-refractivity contribution is -0.119. The van der Waals surface area contributed by atoms with Crippen molar-refractivity contribution in [2.24, 2.45) is 0 Å². The van der Waals surface area contributed by atoms with Crippen molar-refractivity contribution in [2.75, 3.05) is 11.9 Å². The molecule has 0 unspecified atom stereocenters. The number of anilines is 1. The number of aryl methyl sites for hydroxylation is 1. The van der Waals surface area contributed by atoms with Crippen molar-refractivity contribution < 1.29 is 14.3 Å². The minimum Gasteiger partial charge on any atom is -0.452 e. The quantitative estimate of drug-likeness (QED) is 0.567. The molecular formula is C16H18IN3O3. The molecule has 7 heteroatoms. The molecule has 0 radical (unpaired) electrons. The normalized spacial score (nSPS) is 10.7. The number of nitrogens with one attached hydrogen (secondary N) is 2. The Labute approximate surface area is 148 Å². The molecule has 2 aromatic rings. The third-order valence-corrected chi connectivity index (χ3v) is 3.93. The minimum absolute atomic E-state index is 0.114. The number of ether oxygens (including phenoxy) is 1. The summed E-state index contributed by atoms with van der Waals surface area (Å²) in [6, 6.07) is 5.68. The number of aromatic amines is 1. The van der Waals surface area contributed by atoms with E-state index in [2.05, 4.69) is 38.1 Å². The van der Waals surface area contributed by atoms with Crippen molar-refractivity contribution in [3.8, 4) is 0 Å². The highest BCUT2D eigenvalue weighted by Crippen LogP contribution is 2.18. The first-order chi connectivity index (χ1) is 10.9. The summed E-state index contributed by atoms with van der Waals surface area (Å²) in [6.45, 7) is 5.45. The van der Waals surface area contributed by atoms with E-state index >= 15 is 0 Å². The lowest BCUT2D eigenvalue weighted by atomic mass is 10.1. The van der Waals surface area contributed by atoms with Gasteiger partial charge in [0.1, 0.15) is 5.56 Å². The molecule has 1 aromatic carbocycles. The van der Waals surface area contributed by atoms with Gasteiger partial charge in [0, 0.05) is 9.26 Å². The summed E-state index contributed by atoms with van der Waals surface area (Å²) in [5.41, 5.74) is 2.72. The number of benzene rings is 1. The minimum atomic E-state index is -0.558. The van der Waals surface area contributed by atoms with Crippen LogP contribution in [0.2, 0.25) is 0 Å². The zero-order valence-electron chi connectivity index (χ0n) is 13.1. The molecule has 1 aromatic heterocycles. The molecule has 6 nitrogen and oxygen atoms in total. The van der Waals surface area contributed by atoms with Gasteiger partial charge in [0.2, 0.25) is 0 Å². The summed E-state index contributed by atoms with van der Waals surface area (Å²) < 4.78 is 6.15. The van der Waals surface area contributed by atoms with Crippen molar-refractivity contribution in [1.29, 1.82) is 0 Å². The lowest BCUT2D eigenvalue weighted by Gasteiger charge is -2.10. The van der Waals surface area contributed by atoms with Crippen LogP contribution in [0.25, 0.3) is 0 Å². The van der Waals surface area contributed by atoms with Gasteiger partial charge in [-0.05, 0) is 59.2 Å². The number of nitrogens with zero attached hydrogens (tertiary/aromatic N) is 1. The van der Waals surface area contributed by atoms with Gasteiger partial charge in [0.25, 0.3) is 5.91 Å². The Morgan fingerprint density at radius 3 is 2.78 bits per heavy atom.